The van der Waals surface area contributed by atoms with Crippen molar-refractivity contribution < 1.29 is 47.2 Å². The summed E-state index contributed by atoms with van der Waals surface area (Å²) >= 11 is 0. The molecule has 1 unspecified atom stereocenters. The zero-order valence-electron chi connectivity index (χ0n) is 15.0. The molecule has 2 N–H and O–H groups in total. The SMILES string of the molecule is O=C1C[C@@H]2[C@@H]([C@H]3OC3[C@@H](O)COc3cccc(C(F)(F)F)c3)[C@H](C(=O)O)C[C@@H]2O1. The zero-order chi connectivity index (χ0) is 20.9. The van der Waals surface area contributed by atoms with Gasteiger partial charge in [0.2, 0.25) is 0 Å². The van der Waals surface area contributed by atoms with Crippen LogP contribution in [-0.4, -0.2) is 53.2 Å². The summed E-state index contributed by atoms with van der Waals surface area (Å²) in [6.07, 6.45) is -7.07. The largest absolute Gasteiger partial charge is 0.491 e. The summed E-state index contributed by atoms with van der Waals surface area (Å²) in [7, 11) is 0. The number of hydrogen-bond acceptors (Lipinski definition) is 6. The van der Waals surface area contributed by atoms with Crippen LogP contribution in [0.5, 0.6) is 5.75 Å². The molecule has 0 radical (unpaired) electrons. The molecule has 1 aromatic carbocycles. The molecule has 0 bridgehead atoms. The van der Waals surface area contributed by atoms with Gasteiger partial charge in [-0.3, -0.25) is 9.59 Å². The number of fused-ring (bicyclic) bond motifs is 1. The van der Waals surface area contributed by atoms with Crippen molar-refractivity contribution in [3.63, 3.8) is 0 Å². The molecule has 29 heavy (non-hydrogen) atoms. The number of carbonyl (C=O) groups excluding carboxylic acids is 1. The molecule has 0 spiro atoms. The minimum Gasteiger partial charge on any atom is -0.491 e. The number of carboxylic acid groups (broad SMARTS) is 1. The zero-order valence-corrected chi connectivity index (χ0v) is 15.0. The second-order valence-electron chi connectivity index (χ2n) is 7.62. The second kappa shape index (κ2) is 7.17. The smallest absolute Gasteiger partial charge is 0.416 e. The standard InChI is InChI=1S/C19H19F3O7/c20-19(21,22)8-2-1-3-9(4-8)27-7-12(23)16-17(29-16)15-10-6-14(24)28-13(10)5-11(15)18(25)26/h1-4,10-13,15-17,23H,5-7H2,(H,25,26)/t10-,11+,12-,13-,15+,16?,17+/m0/s1. The Morgan fingerprint density at radius 2 is 2.10 bits per heavy atom. The van der Waals surface area contributed by atoms with Crippen LogP contribution in [0.2, 0.25) is 0 Å². The monoisotopic (exact) mass is 416 g/mol. The van der Waals surface area contributed by atoms with Crippen LogP contribution in [0.3, 0.4) is 0 Å². The van der Waals surface area contributed by atoms with E-state index in [1.165, 1.54) is 12.1 Å². The molecule has 7 nitrogen and oxygen atoms in total. The van der Waals surface area contributed by atoms with Crippen LogP contribution < -0.4 is 4.74 Å². The Bertz CT molecular complexity index is 811. The lowest BCUT2D eigenvalue weighted by molar-refractivity contribution is -0.147. The molecule has 3 aliphatic rings. The van der Waals surface area contributed by atoms with Crippen molar-refractivity contribution in [3.8, 4) is 5.75 Å². The van der Waals surface area contributed by atoms with Gasteiger partial charge in [-0.25, -0.2) is 0 Å². The second-order valence-corrected chi connectivity index (χ2v) is 7.62. The van der Waals surface area contributed by atoms with E-state index in [0.717, 1.165) is 12.1 Å². The van der Waals surface area contributed by atoms with E-state index in [4.69, 9.17) is 14.2 Å². The van der Waals surface area contributed by atoms with Crippen molar-refractivity contribution in [3.05, 3.63) is 29.8 Å². The summed E-state index contributed by atoms with van der Waals surface area (Å²) < 4.78 is 54.2. The quantitative estimate of drug-likeness (QED) is 0.539. The minimum atomic E-state index is -4.51. The first-order valence-corrected chi connectivity index (χ1v) is 9.21. The van der Waals surface area contributed by atoms with E-state index in [1.54, 1.807) is 0 Å². The lowest BCUT2D eigenvalue weighted by Gasteiger charge is -2.18. The predicted molar refractivity (Wildman–Crippen MR) is 88.8 cm³/mol. The number of ether oxygens (including phenoxy) is 3. The Labute approximate surface area is 163 Å². The van der Waals surface area contributed by atoms with Crippen molar-refractivity contribution in [1.29, 1.82) is 0 Å². The Balaban J connectivity index is 1.37. The molecule has 2 aliphatic heterocycles. The summed E-state index contributed by atoms with van der Waals surface area (Å²) in [6, 6.07) is 4.29. The number of benzene rings is 1. The molecular weight excluding hydrogens is 397 g/mol. The van der Waals surface area contributed by atoms with Crippen molar-refractivity contribution in [1.82, 2.24) is 0 Å². The van der Waals surface area contributed by atoms with Gasteiger partial charge in [-0.15, -0.1) is 0 Å². The fourth-order valence-electron chi connectivity index (χ4n) is 4.47. The van der Waals surface area contributed by atoms with Gasteiger partial charge in [0.25, 0.3) is 0 Å². The van der Waals surface area contributed by atoms with Crippen LogP contribution in [0.25, 0.3) is 0 Å². The molecule has 10 heteroatoms. The number of alkyl halides is 3. The topological polar surface area (TPSA) is 106 Å². The summed E-state index contributed by atoms with van der Waals surface area (Å²) in [5.41, 5.74) is -0.864. The fraction of sp³-hybridized carbons (Fsp3) is 0.579. The number of epoxide rings is 1. The highest BCUT2D eigenvalue weighted by Crippen LogP contribution is 2.52. The maximum Gasteiger partial charge on any atom is 0.416 e. The molecule has 2 saturated heterocycles. The number of rotatable bonds is 6. The molecule has 4 rings (SSSR count). The van der Waals surface area contributed by atoms with Crippen molar-refractivity contribution >= 4 is 11.9 Å². The summed E-state index contributed by atoms with van der Waals surface area (Å²) in [6.45, 7) is -0.309. The van der Waals surface area contributed by atoms with Gasteiger partial charge in [0.1, 0.15) is 30.7 Å². The molecule has 1 saturated carbocycles. The van der Waals surface area contributed by atoms with Crippen molar-refractivity contribution in [2.45, 2.75) is 43.4 Å². The summed E-state index contributed by atoms with van der Waals surface area (Å²) in [5, 5.41) is 19.8. The lowest BCUT2D eigenvalue weighted by atomic mass is 9.83. The number of aliphatic hydroxyl groups excluding tert-OH is 1. The Morgan fingerprint density at radius 1 is 1.34 bits per heavy atom. The van der Waals surface area contributed by atoms with Gasteiger partial charge < -0.3 is 24.4 Å². The first-order chi connectivity index (χ1) is 13.6. The number of esters is 1. The normalized spacial score (nSPS) is 34.4. The molecule has 0 aromatic heterocycles. The van der Waals surface area contributed by atoms with Crippen LogP contribution in [0, 0.1) is 17.8 Å². The maximum absolute atomic E-state index is 12.8. The third-order valence-corrected chi connectivity index (χ3v) is 5.83. The van der Waals surface area contributed by atoms with Gasteiger partial charge in [-0.2, -0.15) is 13.2 Å². The third-order valence-electron chi connectivity index (χ3n) is 5.83. The van der Waals surface area contributed by atoms with E-state index >= 15 is 0 Å². The summed E-state index contributed by atoms with van der Waals surface area (Å²) in [5.74, 6) is -2.93. The lowest BCUT2D eigenvalue weighted by Crippen LogP contribution is -2.32. The van der Waals surface area contributed by atoms with Gasteiger partial charge in [0, 0.05) is 11.8 Å². The molecular formula is C19H19F3O7. The number of hydrogen-bond donors (Lipinski definition) is 2. The molecule has 1 aliphatic carbocycles. The van der Waals surface area contributed by atoms with E-state index in [2.05, 4.69) is 0 Å². The molecule has 2 heterocycles. The van der Waals surface area contributed by atoms with Crippen LogP contribution in [0.4, 0.5) is 13.2 Å². The van der Waals surface area contributed by atoms with E-state index in [0.29, 0.717) is 0 Å². The van der Waals surface area contributed by atoms with Gasteiger partial charge in [-0.05, 0) is 24.6 Å². The van der Waals surface area contributed by atoms with Gasteiger partial charge in [0.05, 0.1) is 24.0 Å². The van der Waals surface area contributed by atoms with Gasteiger partial charge in [-0.1, -0.05) is 6.07 Å². The van der Waals surface area contributed by atoms with E-state index in [-0.39, 0.29) is 37.1 Å². The Morgan fingerprint density at radius 3 is 2.79 bits per heavy atom. The van der Waals surface area contributed by atoms with Crippen LogP contribution in [0.1, 0.15) is 18.4 Å². The minimum absolute atomic E-state index is 0.0461. The number of aliphatic carboxylic acids is 1. The van der Waals surface area contributed by atoms with Crippen LogP contribution in [0.15, 0.2) is 24.3 Å². The first kappa shape index (κ1) is 20.0. The number of carboxylic acids is 1. The van der Waals surface area contributed by atoms with Crippen molar-refractivity contribution in [2.75, 3.05) is 6.61 Å². The Kier molecular flexibility index (Phi) is 4.94. The third kappa shape index (κ3) is 3.91. The number of halogens is 3. The first-order valence-electron chi connectivity index (χ1n) is 9.21. The highest BCUT2D eigenvalue weighted by Gasteiger charge is 2.62. The molecule has 7 atom stereocenters. The van der Waals surface area contributed by atoms with Gasteiger partial charge in [0.15, 0.2) is 0 Å². The van der Waals surface area contributed by atoms with E-state index in [9.17, 15) is 33.0 Å². The highest BCUT2D eigenvalue weighted by molar-refractivity contribution is 5.75. The Hall–Kier alpha value is -2.33. The van der Waals surface area contributed by atoms with E-state index < -0.39 is 54.0 Å². The average molecular weight is 416 g/mol. The van der Waals surface area contributed by atoms with Crippen LogP contribution in [-0.2, 0) is 25.2 Å². The average Bonchev–Trinajstić information content (AvgIpc) is 3.23. The fourth-order valence-corrected chi connectivity index (χ4v) is 4.47. The molecule has 0 amide bonds. The van der Waals surface area contributed by atoms with E-state index in [1.807, 2.05) is 0 Å². The molecule has 158 valence electrons. The van der Waals surface area contributed by atoms with Crippen molar-refractivity contribution in [2.24, 2.45) is 17.8 Å². The maximum atomic E-state index is 12.8. The molecule has 1 aromatic rings. The predicted octanol–water partition coefficient (Wildman–Crippen LogP) is 1.86. The molecule has 3 fully saturated rings. The van der Waals surface area contributed by atoms with Crippen LogP contribution >= 0.6 is 0 Å². The number of aliphatic hydroxyl groups is 1. The van der Waals surface area contributed by atoms with Gasteiger partial charge >= 0.3 is 18.1 Å². The summed E-state index contributed by atoms with van der Waals surface area (Å²) in [4.78, 5) is 23.1. The number of carbonyl (C=O) groups is 2. The highest BCUT2D eigenvalue weighted by atomic mass is 19.4.